The van der Waals surface area contributed by atoms with Gasteiger partial charge in [-0.2, -0.15) is 0 Å². The van der Waals surface area contributed by atoms with E-state index in [2.05, 4.69) is 31.2 Å². The number of pyridine rings is 1. The summed E-state index contributed by atoms with van der Waals surface area (Å²) in [5.74, 6) is -0.455. The molecule has 0 saturated carbocycles. The summed E-state index contributed by atoms with van der Waals surface area (Å²) in [6.07, 6.45) is 1.58. The minimum Gasteiger partial charge on any atom is -0.308 e. The molecule has 1 atom stereocenters. The van der Waals surface area contributed by atoms with Crippen LogP contribution in [0, 0.1) is 0 Å². The molecule has 0 fully saturated rings. The molecule has 1 aliphatic rings. The molecule has 0 bridgehead atoms. The van der Waals surface area contributed by atoms with E-state index < -0.39 is 11.9 Å². The van der Waals surface area contributed by atoms with Gasteiger partial charge in [0.2, 0.25) is 0 Å². The van der Waals surface area contributed by atoms with Crippen LogP contribution < -0.4 is 5.32 Å². The lowest BCUT2D eigenvalue weighted by Gasteiger charge is -2.22. The average molecular weight is 420 g/mol. The lowest BCUT2D eigenvalue weighted by atomic mass is 9.89. The summed E-state index contributed by atoms with van der Waals surface area (Å²) in [7, 11) is 0. The zero-order valence-electron chi connectivity index (χ0n) is 14.1. The number of ketones is 1. The molecule has 132 valence electrons. The number of fused-ring (bicyclic) bond motifs is 1. The molecule has 1 N–H and O–H groups in total. The molecule has 1 aromatic heterocycles. The highest BCUT2D eigenvalue weighted by Crippen LogP contribution is 2.24. The van der Waals surface area contributed by atoms with Crippen LogP contribution >= 0.6 is 15.9 Å². The Balaban J connectivity index is 1.73. The van der Waals surface area contributed by atoms with Crippen LogP contribution in [-0.4, -0.2) is 28.4 Å². The maximum atomic E-state index is 12.9. The van der Waals surface area contributed by atoms with Gasteiger partial charge < -0.3 is 5.32 Å². The number of aromatic nitrogens is 1. The van der Waals surface area contributed by atoms with E-state index in [1.54, 1.807) is 30.5 Å². The van der Waals surface area contributed by atoms with Crippen LogP contribution in [0.1, 0.15) is 21.5 Å². The Morgan fingerprint density at radius 3 is 2.33 bits per heavy atom. The van der Waals surface area contributed by atoms with Crippen LogP contribution in [0.5, 0.6) is 0 Å². The molecule has 0 spiro atoms. The van der Waals surface area contributed by atoms with Gasteiger partial charge in [0.15, 0.2) is 11.8 Å². The molecule has 5 nitrogen and oxygen atoms in total. The highest BCUT2D eigenvalue weighted by Gasteiger charge is 2.34. The smallest absolute Gasteiger partial charge is 0.258 e. The van der Waals surface area contributed by atoms with Gasteiger partial charge >= 0.3 is 0 Å². The second-order valence-electron chi connectivity index (χ2n) is 6.01. The standard InChI is InChI=1S/C21H14BrN3O2/c22-14-10-11-17(23-12-14)24-21(27)19-20(26)16-9-5-4-8-15(16)18(25-19)13-6-2-1-3-7-13/h1-12,19H,(H,23,24,27). The number of carbonyl (C=O) groups excluding carboxylic acids is 2. The lowest BCUT2D eigenvalue weighted by molar-refractivity contribution is -0.116. The van der Waals surface area contributed by atoms with E-state index in [4.69, 9.17) is 0 Å². The summed E-state index contributed by atoms with van der Waals surface area (Å²) >= 11 is 3.30. The molecule has 3 aromatic rings. The van der Waals surface area contributed by atoms with E-state index in [1.807, 2.05) is 42.5 Å². The number of hydrogen-bond donors (Lipinski definition) is 1. The van der Waals surface area contributed by atoms with E-state index in [1.165, 1.54) is 0 Å². The predicted octanol–water partition coefficient (Wildman–Crippen LogP) is 3.89. The molecule has 0 radical (unpaired) electrons. The molecule has 6 heteroatoms. The number of nitrogens with one attached hydrogen (secondary N) is 1. The number of benzene rings is 2. The van der Waals surface area contributed by atoms with Crippen LogP contribution in [0.15, 0.2) is 82.4 Å². The molecule has 4 rings (SSSR count). The normalized spacial score (nSPS) is 15.7. The van der Waals surface area contributed by atoms with Crippen molar-refractivity contribution in [3.8, 4) is 0 Å². The maximum absolute atomic E-state index is 12.9. The van der Waals surface area contributed by atoms with Crippen molar-refractivity contribution in [3.63, 3.8) is 0 Å². The Hall–Kier alpha value is -3.12. The Bertz CT molecular complexity index is 1050. The first-order valence-corrected chi connectivity index (χ1v) is 9.12. The van der Waals surface area contributed by atoms with Gasteiger partial charge in [0.1, 0.15) is 5.82 Å². The highest BCUT2D eigenvalue weighted by molar-refractivity contribution is 9.10. The Morgan fingerprint density at radius 2 is 1.63 bits per heavy atom. The van der Waals surface area contributed by atoms with E-state index in [0.29, 0.717) is 17.1 Å². The number of anilines is 1. The zero-order valence-corrected chi connectivity index (χ0v) is 15.7. The number of nitrogens with zero attached hydrogens (tertiary/aromatic N) is 2. The fourth-order valence-corrected chi connectivity index (χ4v) is 3.19. The fourth-order valence-electron chi connectivity index (χ4n) is 2.96. The van der Waals surface area contributed by atoms with Crippen LogP contribution in [0.4, 0.5) is 5.82 Å². The molecule has 2 aromatic carbocycles. The largest absolute Gasteiger partial charge is 0.308 e. The molecule has 1 unspecified atom stereocenters. The van der Waals surface area contributed by atoms with Gasteiger partial charge in [0.05, 0.1) is 5.71 Å². The number of amides is 1. The number of carbonyl (C=O) groups is 2. The van der Waals surface area contributed by atoms with Crippen molar-refractivity contribution in [2.75, 3.05) is 5.32 Å². The number of hydrogen-bond acceptors (Lipinski definition) is 4. The van der Waals surface area contributed by atoms with Crippen molar-refractivity contribution >= 4 is 39.1 Å². The number of rotatable bonds is 3. The summed E-state index contributed by atoms with van der Waals surface area (Å²) in [6, 6.07) is 19.0. The molecule has 1 amide bonds. The summed E-state index contributed by atoms with van der Waals surface area (Å²) < 4.78 is 0.799. The van der Waals surface area contributed by atoms with Crippen molar-refractivity contribution < 1.29 is 9.59 Å². The van der Waals surface area contributed by atoms with Crippen LogP contribution in [0.3, 0.4) is 0 Å². The van der Waals surface area contributed by atoms with Gasteiger partial charge in [-0.3, -0.25) is 14.6 Å². The maximum Gasteiger partial charge on any atom is 0.258 e. The first-order valence-electron chi connectivity index (χ1n) is 8.33. The quantitative estimate of drug-likeness (QED) is 0.654. The Kier molecular flexibility index (Phi) is 4.64. The van der Waals surface area contributed by atoms with Gasteiger partial charge in [-0.25, -0.2) is 4.98 Å². The van der Waals surface area contributed by atoms with Gasteiger partial charge in [0, 0.05) is 27.4 Å². The lowest BCUT2D eigenvalue weighted by Crippen LogP contribution is -2.38. The Labute approximate surface area is 164 Å². The summed E-state index contributed by atoms with van der Waals surface area (Å²) in [5.41, 5.74) is 2.72. The average Bonchev–Trinajstić information content (AvgIpc) is 2.71. The van der Waals surface area contributed by atoms with Gasteiger partial charge in [-0.1, -0.05) is 54.6 Å². The first-order chi connectivity index (χ1) is 13.1. The topological polar surface area (TPSA) is 71.4 Å². The second-order valence-corrected chi connectivity index (χ2v) is 6.92. The minimum atomic E-state index is -1.15. The number of halogens is 1. The third-order valence-electron chi connectivity index (χ3n) is 4.23. The second kappa shape index (κ2) is 7.25. The van der Waals surface area contributed by atoms with Crippen molar-refractivity contribution in [1.29, 1.82) is 0 Å². The molecular weight excluding hydrogens is 406 g/mol. The van der Waals surface area contributed by atoms with Crippen LogP contribution in [-0.2, 0) is 4.79 Å². The highest BCUT2D eigenvalue weighted by atomic mass is 79.9. The first kappa shape index (κ1) is 17.3. The van der Waals surface area contributed by atoms with Gasteiger partial charge in [-0.15, -0.1) is 0 Å². The molecule has 1 aliphatic heterocycles. The molecule has 2 heterocycles. The summed E-state index contributed by atoms with van der Waals surface area (Å²) in [4.78, 5) is 34.3. The van der Waals surface area contributed by atoms with E-state index in [0.717, 1.165) is 15.6 Å². The minimum absolute atomic E-state index is 0.320. The van der Waals surface area contributed by atoms with Crippen LogP contribution in [0.2, 0.25) is 0 Å². The molecule has 0 aliphatic carbocycles. The van der Waals surface area contributed by atoms with Gasteiger partial charge in [-0.05, 0) is 28.1 Å². The fraction of sp³-hybridized carbons (Fsp3) is 0.0476. The van der Waals surface area contributed by atoms with E-state index in [9.17, 15) is 9.59 Å². The van der Waals surface area contributed by atoms with Crippen molar-refractivity contribution in [2.45, 2.75) is 6.04 Å². The van der Waals surface area contributed by atoms with Crippen molar-refractivity contribution in [2.24, 2.45) is 4.99 Å². The van der Waals surface area contributed by atoms with E-state index >= 15 is 0 Å². The molecular formula is C21H14BrN3O2. The van der Waals surface area contributed by atoms with Crippen molar-refractivity contribution in [1.82, 2.24) is 4.98 Å². The Morgan fingerprint density at radius 1 is 0.926 bits per heavy atom. The summed E-state index contributed by atoms with van der Waals surface area (Å²) in [5, 5.41) is 2.67. The third-order valence-corrected chi connectivity index (χ3v) is 4.70. The molecule has 0 saturated heterocycles. The van der Waals surface area contributed by atoms with Crippen molar-refractivity contribution in [3.05, 3.63) is 94.1 Å². The van der Waals surface area contributed by atoms with Gasteiger partial charge in [0.25, 0.3) is 5.91 Å². The summed E-state index contributed by atoms with van der Waals surface area (Å²) in [6.45, 7) is 0. The number of aliphatic imine (C=N–C) groups is 1. The monoisotopic (exact) mass is 419 g/mol. The van der Waals surface area contributed by atoms with E-state index in [-0.39, 0.29) is 5.78 Å². The van der Waals surface area contributed by atoms with Crippen LogP contribution in [0.25, 0.3) is 0 Å². The predicted molar refractivity (Wildman–Crippen MR) is 107 cm³/mol. The number of Topliss-reactive ketones (excluding diaryl/α,β-unsaturated/α-hetero) is 1. The molecule has 27 heavy (non-hydrogen) atoms. The zero-order chi connectivity index (χ0) is 18.8. The SMILES string of the molecule is O=C(Nc1ccc(Br)cn1)C1N=C(c2ccccc2)c2ccccc2C1=O. The third kappa shape index (κ3) is 3.44.